The monoisotopic (exact) mass is 569 g/mol. The highest BCUT2D eigenvalue weighted by Gasteiger charge is 2.43. The third kappa shape index (κ3) is 5.97. The molecule has 0 bridgehead atoms. The minimum atomic E-state index is -4.61. The third-order valence-corrected chi connectivity index (χ3v) is 11.0. The van der Waals surface area contributed by atoms with E-state index in [-0.39, 0.29) is 20.9 Å². The molecule has 0 aliphatic carbocycles. The Morgan fingerprint density at radius 1 is 0.769 bits per heavy atom. The Balaban J connectivity index is 1.97. The highest BCUT2D eigenvalue weighted by Crippen LogP contribution is 2.34. The van der Waals surface area contributed by atoms with Gasteiger partial charge in [-0.05, 0) is 56.5 Å². The number of ether oxygens (including phenoxy) is 1. The van der Waals surface area contributed by atoms with Crippen molar-refractivity contribution in [1.82, 2.24) is 0 Å². The fraction of sp³-hybridized carbons (Fsp3) is 0.207. The Hall–Kier alpha value is -3.76. The predicted octanol–water partition coefficient (Wildman–Crippen LogP) is 5.99. The van der Waals surface area contributed by atoms with Crippen molar-refractivity contribution in [2.75, 3.05) is 11.4 Å². The van der Waals surface area contributed by atoms with Gasteiger partial charge in [-0.1, -0.05) is 66.7 Å². The van der Waals surface area contributed by atoms with E-state index in [0.717, 1.165) is 11.0 Å². The van der Waals surface area contributed by atoms with E-state index < -0.39 is 48.3 Å². The maximum Gasteiger partial charge on any atom is 0.414 e. The zero-order valence-electron chi connectivity index (χ0n) is 21.6. The van der Waals surface area contributed by atoms with Crippen molar-refractivity contribution in [1.29, 1.82) is 0 Å². The number of carbonyl (C=O) groups is 1. The first-order valence-corrected chi connectivity index (χ1v) is 15.2. The molecule has 0 atom stereocenters. The van der Waals surface area contributed by atoms with E-state index in [4.69, 9.17) is 4.74 Å². The smallest absolute Gasteiger partial charge is 0.414 e. The van der Waals surface area contributed by atoms with E-state index in [1.165, 1.54) is 54.6 Å². The number of rotatable bonds is 7. The van der Waals surface area contributed by atoms with Gasteiger partial charge in [-0.2, -0.15) is 0 Å². The van der Waals surface area contributed by atoms with E-state index in [9.17, 15) is 21.6 Å². The van der Waals surface area contributed by atoms with Crippen molar-refractivity contribution in [2.24, 2.45) is 0 Å². The molecule has 0 saturated carbocycles. The average Bonchev–Trinajstić information content (AvgIpc) is 2.89. The molecule has 204 valence electrons. The van der Waals surface area contributed by atoms with Crippen LogP contribution in [0.1, 0.15) is 20.8 Å². The number of amides is 1. The number of hydrogen-bond acceptors (Lipinski definition) is 6. The van der Waals surface area contributed by atoms with Crippen LogP contribution in [0, 0.1) is 5.82 Å². The van der Waals surface area contributed by atoms with Crippen molar-refractivity contribution in [2.45, 2.75) is 40.7 Å². The largest absolute Gasteiger partial charge is 0.443 e. The van der Waals surface area contributed by atoms with Crippen LogP contribution in [0.4, 0.5) is 14.9 Å². The zero-order valence-corrected chi connectivity index (χ0v) is 23.2. The van der Waals surface area contributed by atoms with Gasteiger partial charge >= 0.3 is 6.09 Å². The Bertz CT molecular complexity index is 1630. The molecule has 0 aliphatic rings. The second kappa shape index (κ2) is 10.8. The van der Waals surface area contributed by atoms with Crippen LogP contribution in [-0.2, 0) is 24.4 Å². The first-order chi connectivity index (χ1) is 18.3. The number of benzene rings is 4. The molecule has 7 nitrogen and oxygen atoms in total. The minimum absolute atomic E-state index is 0.253. The molecule has 0 aromatic heterocycles. The van der Waals surface area contributed by atoms with Gasteiger partial charge < -0.3 is 4.74 Å². The number of carbonyl (C=O) groups excluding carboxylic acids is 1. The summed E-state index contributed by atoms with van der Waals surface area (Å²) < 4.78 is 74.5. The van der Waals surface area contributed by atoms with E-state index in [2.05, 4.69) is 0 Å². The third-order valence-electron chi connectivity index (χ3n) is 5.90. The van der Waals surface area contributed by atoms with Crippen molar-refractivity contribution in [3.05, 3.63) is 103 Å². The number of nitrogens with zero attached hydrogens (tertiary/aromatic N) is 1. The summed E-state index contributed by atoms with van der Waals surface area (Å²) in [5.74, 6) is -0.840. The summed E-state index contributed by atoms with van der Waals surface area (Å²) in [7, 11) is -9.23. The second-order valence-corrected chi connectivity index (χ2v) is 14.4. The van der Waals surface area contributed by atoms with Crippen LogP contribution < -0.4 is 4.90 Å². The Labute approximate surface area is 227 Å². The average molecular weight is 570 g/mol. The zero-order chi connectivity index (χ0) is 28.4. The predicted molar refractivity (Wildman–Crippen MR) is 149 cm³/mol. The van der Waals surface area contributed by atoms with Crippen LogP contribution in [-0.4, -0.2) is 39.7 Å². The lowest BCUT2D eigenvalue weighted by Crippen LogP contribution is -2.46. The quantitative estimate of drug-likeness (QED) is 0.271. The molecule has 0 heterocycles. The van der Waals surface area contributed by atoms with Gasteiger partial charge in [-0.15, -0.1) is 0 Å². The van der Waals surface area contributed by atoms with E-state index in [1.807, 2.05) is 0 Å². The maximum atomic E-state index is 15.5. The lowest BCUT2D eigenvalue weighted by atomic mass is 10.1. The standard InChI is InChI=1S/C29H28FNO6S2/c1-29(2,3)37-28(32)31(27-24-17-11-10-12-21(24)18-19-25(27)30)20-26(38(33,34)22-13-6-4-7-14-22)39(35,36)23-15-8-5-9-16-23/h4-19,26H,20H2,1-3H3. The topological polar surface area (TPSA) is 97.8 Å². The van der Waals surface area contributed by atoms with Gasteiger partial charge in [0, 0.05) is 5.39 Å². The molecule has 0 aliphatic heterocycles. The highest BCUT2D eigenvalue weighted by molar-refractivity contribution is 8.09. The molecule has 10 heteroatoms. The lowest BCUT2D eigenvalue weighted by molar-refractivity contribution is 0.0581. The van der Waals surface area contributed by atoms with E-state index >= 15 is 4.39 Å². The molecule has 0 N–H and O–H groups in total. The molecular weight excluding hydrogens is 541 g/mol. The summed E-state index contributed by atoms with van der Waals surface area (Å²) in [5, 5.41) is 0.854. The number of hydrogen-bond donors (Lipinski definition) is 0. The molecule has 0 unspecified atom stereocenters. The number of fused-ring (bicyclic) bond motifs is 1. The SMILES string of the molecule is CC(C)(C)OC(=O)N(CC(S(=O)(=O)c1ccccc1)S(=O)(=O)c1ccccc1)c1c(F)ccc2ccccc12. The summed E-state index contributed by atoms with van der Waals surface area (Å²) >= 11 is 0. The van der Waals surface area contributed by atoms with Crippen LogP contribution in [0.15, 0.2) is 107 Å². The lowest BCUT2D eigenvalue weighted by Gasteiger charge is -2.31. The van der Waals surface area contributed by atoms with Crippen molar-refractivity contribution < 1.29 is 30.8 Å². The highest BCUT2D eigenvalue weighted by atomic mass is 32.3. The van der Waals surface area contributed by atoms with Gasteiger partial charge in [0.2, 0.25) is 0 Å². The van der Waals surface area contributed by atoms with Gasteiger partial charge in [0.1, 0.15) is 11.4 Å². The molecule has 4 aromatic rings. The molecular formula is C29H28FNO6S2. The number of halogens is 1. The van der Waals surface area contributed by atoms with Crippen molar-refractivity contribution in [3.8, 4) is 0 Å². The number of anilines is 1. The molecule has 0 fully saturated rings. The summed E-state index contributed by atoms with van der Waals surface area (Å²) in [6, 6.07) is 23.5. The first kappa shape index (κ1) is 28.3. The molecule has 39 heavy (non-hydrogen) atoms. The second-order valence-electron chi connectivity index (χ2n) is 9.85. The van der Waals surface area contributed by atoms with Gasteiger partial charge in [0.05, 0.1) is 22.0 Å². The van der Waals surface area contributed by atoms with Crippen molar-refractivity contribution in [3.63, 3.8) is 0 Å². The maximum absolute atomic E-state index is 15.5. The summed E-state index contributed by atoms with van der Waals surface area (Å²) in [5.41, 5.74) is -1.32. The van der Waals surface area contributed by atoms with Gasteiger partial charge in [0.25, 0.3) is 0 Å². The van der Waals surface area contributed by atoms with Gasteiger partial charge in [0.15, 0.2) is 24.3 Å². The molecule has 1 amide bonds. The summed E-state index contributed by atoms with van der Waals surface area (Å²) in [4.78, 5) is 13.8. The van der Waals surface area contributed by atoms with E-state index in [1.54, 1.807) is 57.2 Å². The van der Waals surface area contributed by atoms with Crippen LogP contribution in [0.2, 0.25) is 0 Å². The molecule has 0 radical (unpaired) electrons. The summed E-state index contributed by atoms with van der Waals surface area (Å²) in [6.45, 7) is 3.87. The van der Waals surface area contributed by atoms with Crippen LogP contribution >= 0.6 is 0 Å². The van der Waals surface area contributed by atoms with Gasteiger partial charge in [-0.25, -0.2) is 26.0 Å². The van der Waals surface area contributed by atoms with Crippen LogP contribution in [0.25, 0.3) is 10.8 Å². The van der Waals surface area contributed by atoms with Crippen LogP contribution in [0.5, 0.6) is 0 Å². The molecule has 0 saturated heterocycles. The van der Waals surface area contributed by atoms with Crippen LogP contribution in [0.3, 0.4) is 0 Å². The minimum Gasteiger partial charge on any atom is -0.443 e. The molecule has 4 aromatic carbocycles. The van der Waals surface area contributed by atoms with E-state index in [0.29, 0.717) is 5.39 Å². The fourth-order valence-electron chi connectivity index (χ4n) is 4.11. The van der Waals surface area contributed by atoms with Crippen molar-refractivity contribution >= 4 is 42.2 Å². The first-order valence-electron chi connectivity index (χ1n) is 12.1. The molecule has 0 spiro atoms. The summed E-state index contributed by atoms with van der Waals surface area (Å²) in [6.07, 6.45) is -1.09. The Kier molecular flexibility index (Phi) is 7.81. The molecule has 4 rings (SSSR count). The number of sulfone groups is 2. The van der Waals surface area contributed by atoms with Gasteiger partial charge in [-0.3, -0.25) is 4.90 Å². The normalized spacial score (nSPS) is 12.4. The fourth-order valence-corrected chi connectivity index (χ4v) is 8.48. The Morgan fingerprint density at radius 2 is 1.26 bits per heavy atom. The Morgan fingerprint density at radius 3 is 1.77 bits per heavy atom.